The van der Waals surface area contributed by atoms with Crippen LogP contribution in [0.5, 0.6) is 0 Å². The predicted molar refractivity (Wildman–Crippen MR) is 108 cm³/mol. The Balaban J connectivity index is 1.83. The van der Waals surface area contributed by atoms with Crippen LogP contribution in [0.4, 0.5) is 4.39 Å². The van der Waals surface area contributed by atoms with Crippen LogP contribution in [0.25, 0.3) is 39.7 Å². The number of halogens is 1. The quantitative estimate of drug-likeness (QED) is 0.437. The molecule has 9 nitrogen and oxygen atoms in total. The number of furan rings is 1. The normalized spacial score (nSPS) is 11.6. The average Bonchev–Trinajstić information content (AvgIpc) is 3.46. The highest BCUT2D eigenvalue weighted by Crippen LogP contribution is 2.28. The Labute approximate surface area is 174 Å². The lowest BCUT2D eigenvalue weighted by Crippen LogP contribution is -2.25. The van der Waals surface area contributed by atoms with Crippen LogP contribution in [0.2, 0.25) is 0 Å². The third-order valence-electron chi connectivity index (χ3n) is 5.01. The van der Waals surface area contributed by atoms with E-state index in [1.165, 1.54) is 27.4 Å². The summed E-state index contributed by atoms with van der Waals surface area (Å²) >= 11 is 0. The number of imidazole rings is 1. The number of nitrogens with zero attached hydrogens (tertiary/aromatic N) is 6. The predicted octanol–water partition coefficient (Wildman–Crippen LogP) is 3.86. The molecule has 0 saturated heterocycles. The molecular formula is C21H15FN6O3. The highest BCUT2D eigenvalue weighted by molar-refractivity contribution is 5.87. The molecule has 1 aromatic carbocycles. The molecule has 154 valence electrons. The van der Waals surface area contributed by atoms with Crippen LogP contribution < -0.4 is 5.56 Å². The first kappa shape index (κ1) is 18.7. The second kappa shape index (κ2) is 6.63. The summed E-state index contributed by atoms with van der Waals surface area (Å²) in [6, 6.07) is 7.70. The van der Waals surface area contributed by atoms with Crippen LogP contribution in [0.1, 0.15) is 31.2 Å². The van der Waals surface area contributed by atoms with E-state index in [0.717, 1.165) is 0 Å². The topological polar surface area (TPSA) is 115 Å². The molecule has 0 aliphatic rings. The van der Waals surface area contributed by atoms with Crippen molar-refractivity contribution in [3.63, 3.8) is 0 Å². The van der Waals surface area contributed by atoms with Gasteiger partial charge in [0.15, 0.2) is 5.76 Å². The molecule has 10 heteroatoms. The Kier molecular flexibility index (Phi) is 4.01. The van der Waals surface area contributed by atoms with Crippen LogP contribution >= 0.6 is 0 Å². The minimum atomic E-state index is -0.694. The van der Waals surface area contributed by atoms with Gasteiger partial charge in [0.05, 0.1) is 11.0 Å². The molecule has 0 saturated carbocycles. The molecule has 0 aliphatic carbocycles. The zero-order valence-corrected chi connectivity index (χ0v) is 16.8. The number of hydrogen-bond acceptors (Lipinski definition) is 7. The second-order valence-electron chi connectivity index (χ2n) is 7.32. The monoisotopic (exact) mass is 418 g/mol. The number of aromatic nitrogens is 5. The van der Waals surface area contributed by atoms with E-state index >= 15 is 0 Å². The molecule has 5 rings (SSSR count). The number of benzene rings is 1. The van der Waals surface area contributed by atoms with Gasteiger partial charge in [-0.15, -0.1) is 0 Å². The van der Waals surface area contributed by atoms with Crippen LogP contribution in [-0.4, -0.2) is 24.1 Å². The number of aryl methyl sites for hydroxylation is 1. The van der Waals surface area contributed by atoms with Gasteiger partial charge in [0, 0.05) is 6.04 Å². The van der Waals surface area contributed by atoms with Gasteiger partial charge in [-0.25, -0.2) is 9.37 Å². The summed E-state index contributed by atoms with van der Waals surface area (Å²) in [7, 11) is 0. The summed E-state index contributed by atoms with van der Waals surface area (Å²) in [6.07, 6.45) is 1.42. The number of rotatable bonds is 3. The van der Waals surface area contributed by atoms with Gasteiger partial charge in [-0.05, 0) is 45.0 Å². The van der Waals surface area contributed by atoms with Gasteiger partial charge < -0.3 is 13.5 Å². The second-order valence-corrected chi connectivity index (χ2v) is 7.32. The summed E-state index contributed by atoms with van der Waals surface area (Å²) in [5.41, 5.74) is 0.430. The summed E-state index contributed by atoms with van der Waals surface area (Å²) in [5, 5.41) is 13.5. The SMILES string of the molecule is Cc1ccc(-c2nc(-c3ncn4c3c(=O)n(C(C)C)c3c(C#N)c(F)ccc34)no2)o1. The lowest BCUT2D eigenvalue weighted by molar-refractivity contribution is 0.414. The molecule has 0 radical (unpaired) electrons. The van der Waals surface area contributed by atoms with Crippen LogP contribution in [0, 0.1) is 24.1 Å². The maximum Gasteiger partial charge on any atom is 0.293 e. The smallest absolute Gasteiger partial charge is 0.293 e. The number of nitriles is 1. The average molecular weight is 418 g/mol. The van der Waals surface area contributed by atoms with E-state index in [9.17, 15) is 14.4 Å². The Bertz CT molecular complexity index is 1580. The molecular weight excluding hydrogens is 403 g/mol. The highest BCUT2D eigenvalue weighted by atomic mass is 19.1. The molecule has 0 N–H and O–H groups in total. The van der Waals surface area contributed by atoms with Gasteiger partial charge in [0.1, 0.15) is 40.7 Å². The van der Waals surface area contributed by atoms with Gasteiger partial charge >= 0.3 is 0 Å². The maximum absolute atomic E-state index is 14.3. The Morgan fingerprint density at radius 2 is 2.00 bits per heavy atom. The van der Waals surface area contributed by atoms with Gasteiger partial charge in [0.2, 0.25) is 5.82 Å². The van der Waals surface area contributed by atoms with E-state index in [2.05, 4.69) is 15.1 Å². The third kappa shape index (κ3) is 2.67. The van der Waals surface area contributed by atoms with Crippen LogP contribution in [0.3, 0.4) is 0 Å². The van der Waals surface area contributed by atoms with Crippen molar-refractivity contribution in [1.82, 2.24) is 24.1 Å². The fourth-order valence-electron chi connectivity index (χ4n) is 3.68. The molecule has 5 aromatic rings. The van der Waals surface area contributed by atoms with Crippen molar-refractivity contribution in [2.24, 2.45) is 0 Å². The Morgan fingerprint density at radius 3 is 2.68 bits per heavy atom. The minimum absolute atomic E-state index is 0.112. The van der Waals surface area contributed by atoms with Crippen LogP contribution in [0.15, 0.2) is 44.3 Å². The lowest BCUT2D eigenvalue weighted by atomic mass is 10.1. The molecule has 31 heavy (non-hydrogen) atoms. The summed E-state index contributed by atoms with van der Waals surface area (Å²) < 4.78 is 28.0. The first-order valence-electron chi connectivity index (χ1n) is 9.45. The largest absolute Gasteiger partial charge is 0.456 e. The highest BCUT2D eigenvalue weighted by Gasteiger charge is 2.24. The first-order chi connectivity index (χ1) is 14.9. The van der Waals surface area contributed by atoms with Crippen molar-refractivity contribution in [3.8, 4) is 29.2 Å². The van der Waals surface area contributed by atoms with Crippen LogP contribution in [-0.2, 0) is 0 Å². The standard InChI is InChI=1S/C21H15FN6O3/c1-10(2)28-17-12(8-23)13(22)5-6-14(17)27-9-24-16(18(27)21(28)29)19-25-20(31-26-19)15-7-4-11(3)30-15/h4-7,9-10H,1-3H3. The molecule has 0 unspecified atom stereocenters. The van der Waals surface area contributed by atoms with Crippen molar-refractivity contribution in [2.75, 3.05) is 0 Å². The Hall–Kier alpha value is -4.26. The third-order valence-corrected chi connectivity index (χ3v) is 5.01. The number of hydrogen-bond donors (Lipinski definition) is 0. The van der Waals surface area contributed by atoms with Crippen molar-refractivity contribution >= 4 is 16.6 Å². The fraction of sp³-hybridized carbons (Fsp3) is 0.190. The molecule has 4 heterocycles. The minimum Gasteiger partial charge on any atom is -0.456 e. The van der Waals surface area contributed by atoms with E-state index in [-0.39, 0.29) is 40.0 Å². The van der Waals surface area contributed by atoms with Gasteiger partial charge in [0.25, 0.3) is 11.4 Å². The lowest BCUT2D eigenvalue weighted by Gasteiger charge is -2.16. The molecule has 4 aromatic heterocycles. The number of fused-ring (bicyclic) bond motifs is 3. The van der Waals surface area contributed by atoms with Gasteiger partial charge in [-0.3, -0.25) is 9.20 Å². The van der Waals surface area contributed by atoms with Crippen molar-refractivity contribution in [2.45, 2.75) is 26.8 Å². The van der Waals surface area contributed by atoms with Crippen molar-refractivity contribution in [1.29, 1.82) is 5.26 Å². The molecule has 0 amide bonds. The fourth-order valence-corrected chi connectivity index (χ4v) is 3.68. The van der Waals surface area contributed by atoms with E-state index in [0.29, 0.717) is 17.0 Å². The molecule has 0 aliphatic heterocycles. The van der Waals surface area contributed by atoms with Gasteiger partial charge in [-0.2, -0.15) is 10.2 Å². The molecule has 0 bridgehead atoms. The van der Waals surface area contributed by atoms with E-state index in [1.807, 2.05) is 6.07 Å². The molecule has 0 fully saturated rings. The zero-order valence-electron chi connectivity index (χ0n) is 16.8. The summed E-state index contributed by atoms with van der Waals surface area (Å²) in [6.45, 7) is 5.36. The van der Waals surface area contributed by atoms with Crippen molar-refractivity contribution < 1.29 is 13.3 Å². The first-order valence-corrected chi connectivity index (χ1v) is 9.45. The summed E-state index contributed by atoms with van der Waals surface area (Å²) in [5.74, 6) is 0.664. The molecule has 0 atom stereocenters. The Morgan fingerprint density at radius 1 is 1.19 bits per heavy atom. The zero-order chi connectivity index (χ0) is 21.9. The maximum atomic E-state index is 14.3. The summed E-state index contributed by atoms with van der Waals surface area (Å²) in [4.78, 5) is 22.1. The van der Waals surface area contributed by atoms with Crippen molar-refractivity contribution in [3.05, 3.63) is 58.1 Å². The molecule has 0 spiro atoms. The van der Waals surface area contributed by atoms with E-state index in [1.54, 1.807) is 32.9 Å². The van der Waals surface area contributed by atoms with Gasteiger partial charge in [-0.1, -0.05) is 5.16 Å². The van der Waals surface area contributed by atoms with E-state index in [4.69, 9.17) is 8.94 Å². The van der Waals surface area contributed by atoms with E-state index < -0.39 is 11.4 Å².